The number of carbonyl (C=O) groups excluding carboxylic acids is 2. The topological polar surface area (TPSA) is 55.4 Å². The number of ether oxygens (including phenoxy) is 1. The maximum Gasteiger partial charge on any atom is 0.338 e. The SMILES string of the molecule is CCCOC(=O)c1ccc(NC(=O)c2csc(Br)c2)cc1. The average Bonchev–Trinajstić information content (AvgIpc) is 2.92. The zero-order valence-electron chi connectivity index (χ0n) is 11.4. The number of rotatable bonds is 5. The third-order valence-electron chi connectivity index (χ3n) is 2.65. The van der Waals surface area contributed by atoms with E-state index in [2.05, 4.69) is 21.2 Å². The van der Waals surface area contributed by atoms with Crippen LogP contribution in [0, 0.1) is 0 Å². The molecular weight excluding hydrogens is 354 g/mol. The number of hydrogen-bond acceptors (Lipinski definition) is 4. The fourth-order valence-electron chi connectivity index (χ4n) is 1.60. The van der Waals surface area contributed by atoms with E-state index < -0.39 is 0 Å². The Kier molecular flexibility index (Phi) is 5.52. The van der Waals surface area contributed by atoms with Gasteiger partial charge in [0, 0.05) is 11.1 Å². The normalized spacial score (nSPS) is 10.2. The molecule has 2 rings (SSSR count). The zero-order valence-corrected chi connectivity index (χ0v) is 13.8. The van der Waals surface area contributed by atoms with Crippen LogP contribution in [0.1, 0.15) is 34.1 Å². The summed E-state index contributed by atoms with van der Waals surface area (Å²) in [5.41, 5.74) is 1.70. The van der Waals surface area contributed by atoms with Gasteiger partial charge in [0.25, 0.3) is 5.91 Å². The number of amides is 1. The maximum absolute atomic E-state index is 12.0. The average molecular weight is 368 g/mol. The van der Waals surface area contributed by atoms with Gasteiger partial charge in [0.2, 0.25) is 0 Å². The summed E-state index contributed by atoms with van der Waals surface area (Å²) < 4.78 is 5.94. The molecule has 0 saturated heterocycles. The Labute approximate surface area is 135 Å². The summed E-state index contributed by atoms with van der Waals surface area (Å²) in [5.74, 6) is -0.533. The quantitative estimate of drug-likeness (QED) is 0.800. The molecule has 110 valence electrons. The molecule has 0 aliphatic heterocycles. The molecule has 0 aliphatic carbocycles. The predicted octanol–water partition coefficient (Wildman–Crippen LogP) is 4.33. The molecule has 0 aliphatic rings. The standard InChI is InChI=1S/C15H14BrNO3S/c1-2-7-20-15(19)10-3-5-12(6-4-10)17-14(18)11-8-13(16)21-9-11/h3-6,8-9H,2,7H2,1H3,(H,17,18). The minimum atomic E-state index is -0.350. The number of thiophene rings is 1. The van der Waals surface area contributed by atoms with E-state index in [1.807, 2.05) is 6.92 Å². The summed E-state index contributed by atoms with van der Waals surface area (Å²) in [4.78, 5) is 23.6. The van der Waals surface area contributed by atoms with E-state index in [-0.39, 0.29) is 11.9 Å². The van der Waals surface area contributed by atoms with Gasteiger partial charge >= 0.3 is 5.97 Å². The van der Waals surface area contributed by atoms with Crippen molar-refractivity contribution in [3.63, 3.8) is 0 Å². The molecule has 6 heteroatoms. The van der Waals surface area contributed by atoms with Crippen LogP contribution in [-0.2, 0) is 4.74 Å². The van der Waals surface area contributed by atoms with Crippen LogP contribution in [0.3, 0.4) is 0 Å². The summed E-state index contributed by atoms with van der Waals surface area (Å²) in [6.45, 7) is 2.35. The van der Waals surface area contributed by atoms with Gasteiger partial charge in [0.15, 0.2) is 0 Å². The van der Waals surface area contributed by atoms with Crippen LogP contribution in [0.5, 0.6) is 0 Å². The molecule has 1 aromatic heterocycles. The first-order valence-electron chi connectivity index (χ1n) is 6.42. The molecule has 0 atom stereocenters. The van der Waals surface area contributed by atoms with E-state index >= 15 is 0 Å². The van der Waals surface area contributed by atoms with E-state index in [1.165, 1.54) is 11.3 Å². The number of anilines is 1. The molecule has 1 N–H and O–H groups in total. The highest BCUT2D eigenvalue weighted by Crippen LogP contribution is 2.21. The number of esters is 1. The highest BCUT2D eigenvalue weighted by molar-refractivity contribution is 9.11. The highest BCUT2D eigenvalue weighted by Gasteiger charge is 2.10. The fourth-order valence-corrected chi connectivity index (χ4v) is 2.74. The Morgan fingerprint density at radius 1 is 1.24 bits per heavy atom. The first-order valence-corrected chi connectivity index (χ1v) is 8.10. The highest BCUT2D eigenvalue weighted by atomic mass is 79.9. The lowest BCUT2D eigenvalue weighted by atomic mass is 10.2. The van der Waals surface area contributed by atoms with E-state index in [4.69, 9.17) is 4.74 Å². The van der Waals surface area contributed by atoms with Gasteiger partial charge in [0.1, 0.15) is 0 Å². The molecule has 0 spiro atoms. The van der Waals surface area contributed by atoms with E-state index in [9.17, 15) is 9.59 Å². The second-order valence-electron chi connectivity index (χ2n) is 4.31. The lowest BCUT2D eigenvalue weighted by Gasteiger charge is -2.06. The minimum absolute atomic E-state index is 0.182. The first kappa shape index (κ1) is 15.7. The third-order valence-corrected chi connectivity index (χ3v) is 4.15. The smallest absolute Gasteiger partial charge is 0.338 e. The fraction of sp³-hybridized carbons (Fsp3) is 0.200. The van der Waals surface area contributed by atoms with Crippen molar-refractivity contribution in [2.45, 2.75) is 13.3 Å². The number of halogens is 1. The molecule has 0 unspecified atom stereocenters. The molecule has 0 bridgehead atoms. The minimum Gasteiger partial charge on any atom is -0.462 e. The second-order valence-corrected chi connectivity index (χ2v) is 6.60. The molecule has 1 amide bonds. The molecule has 0 radical (unpaired) electrons. The van der Waals surface area contributed by atoms with Crippen LogP contribution >= 0.6 is 27.3 Å². The van der Waals surface area contributed by atoms with Gasteiger partial charge in [-0.25, -0.2) is 4.79 Å². The van der Waals surface area contributed by atoms with Crippen molar-refractivity contribution >= 4 is 44.8 Å². The van der Waals surface area contributed by atoms with Crippen LogP contribution < -0.4 is 5.32 Å². The lowest BCUT2D eigenvalue weighted by Crippen LogP contribution is -2.11. The monoisotopic (exact) mass is 367 g/mol. The van der Waals surface area contributed by atoms with Gasteiger partial charge in [-0.2, -0.15) is 0 Å². The van der Waals surface area contributed by atoms with Crippen molar-refractivity contribution in [3.8, 4) is 0 Å². The van der Waals surface area contributed by atoms with Crippen LogP contribution in [0.15, 0.2) is 39.5 Å². The summed E-state index contributed by atoms with van der Waals surface area (Å²) in [7, 11) is 0. The molecule has 21 heavy (non-hydrogen) atoms. The molecule has 4 nitrogen and oxygen atoms in total. The number of nitrogens with one attached hydrogen (secondary N) is 1. The van der Waals surface area contributed by atoms with Crippen molar-refractivity contribution in [1.82, 2.24) is 0 Å². The number of benzene rings is 1. The first-order chi connectivity index (χ1) is 10.1. The van der Waals surface area contributed by atoms with Crippen LogP contribution in [0.2, 0.25) is 0 Å². The Morgan fingerprint density at radius 3 is 2.52 bits per heavy atom. The van der Waals surface area contributed by atoms with Crippen molar-refractivity contribution in [2.24, 2.45) is 0 Å². The number of carbonyl (C=O) groups is 2. The zero-order chi connectivity index (χ0) is 15.2. The maximum atomic E-state index is 12.0. The van der Waals surface area contributed by atoms with Crippen LogP contribution in [0.4, 0.5) is 5.69 Å². The lowest BCUT2D eigenvalue weighted by molar-refractivity contribution is 0.0505. The molecule has 0 saturated carbocycles. The van der Waals surface area contributed by atoms with E-state index in [0.29, 0.717) is 23.4 Å². The Balaban J connectivity index is 1.99. The van der Waals surface area contributed by atoms with E-state index in [0.717, 1.165) is 10.2 Å². The number of hydrogen-bond donors (Lipinski definition) is 1. The summed E-state index contributed by atoms with van der Waals surface area (Å²) >= 11 is 4.77. The predicted molar refractivity (Wildman–Crippen MR) is 87.0 cm³/mol. The molecule has 1 aromatic carbocycles. The Hall–Kier alpha value is -1.66. The molecular formula is C15H14BrNO3S. The summed E-state index contributed by atoms with van der Waals surface area (Å²) in [6.07, 6.45) is 0.788. The van der Waals surface area contributed by atoms with Gasteiger partial charge in [-0.05, 0) is 52.7 Å². The van der Waals surface area contributed by atoms with Crippen LogP contribution in [0.25, 0.3) is 0 Å². The summed E-state index contributed by atoms with van der Waals surface area (Å²) in [5, 5.41) is 4.55. The van der Waals surface area contributed by atoms with Gasteiger partial charge in [0.05, 0.1) is 21.5 Å². The van der Waals surface area contributed by atoms with E-state index in [1.54, 1.807) is 35.7 Å². The third kappa shape index (κ3) is 4.41. The molecule has 1 heterocycles. The van der Waals surface area contributed by atoms with Crippen molar-refractivity contribution in [3.05, 3.63) is 50.6 Å². The van der Waals surface area contributed by atoms with Crippen molar-refractivity contribution < 1.29 is 14.3 Å². The Morgan fingerprint density at radius 2 is 1.95 bits per heavy atom. The molecule has 2 aromatic rings. The van der Waals surface area contributed by atoms with Crippen molar-refractivity contribution in [1.29, 1.82) is 0 Å². The van der Waals surface area contributed by atoms with Crippen molar-refractivity contribution in [2.75, 3.05) is 11.9 Å². The van der Waals surface area contributed by atoms with Gasteiger partial charge < -0.3 is 10.1 Å². The molecule has 0 fully saturated rings. The van der Waals surface area contributed by atoms with Gasteiger partial charge in [-0.15, -0.1) is 11.3 Å². The largest absolute Gasteiger partial charge is 0.462 e. The van der Waals surface area contributed by atoms with Gasteiger partial charge in [-0.1, -0.05) is 6.92 Å². The second kappa shape index (κ2) is 7.38. The summed E-state index contributed by atoms with van der Waals surface area (Å²) in [6, 6.07) is 8.40. The Bertz CT molecular complexity index is 637. The van der Waals surface area contributed by atoms with Gasteiger partial charge in [-0.3, -0.25) is 4.79 Å². The van der Waals surface area contributed by atoms with Crippen LogP contribution in [-0.4, -0.2) is 18.5 Å².